The fraction of sp³-hybridized carbons (Fsp3) is 0.500. The predicted molar refractivity (Wildman–Crippen MR) is 93.4 cm³/mol. The second-order valence-electron chi connectivity index (χ2n) is 6.11. The van der Waals surface area contributed by atoms with Gasteiger partial charge in [0, 0.05) is 36.2 Å². The van der Waals surface area contributed by atoms with E-state index in [1.807, 2.05) is 0 Å². The predicted octanol–water partition coefficient (Wildman–Crippen LogP) is 2.98. The van der Waals surface area contributed by atoms with Crippen molar-refractivity contribution >= 4 is 16.9 Å². The zero-order valence-electron chi connectivity index (χ0n) is 13.6. The first-order chi connectivity index (χ1) is 10.8. The zero-order chi connectivity index (χ0) is 15.4. The van der Waals surface area contributed by atoms with Crippen molar-refractivity contribution < 1.29 is 0 Å². The summed E-state index contributed by atoms with van der Waals surface area (Å²) in [6.45, 7) is 7.03. The first kappa shape index (κ1) is 14.9. The SMILES string of the molecule is CCNC(=NCC1CC1)NCCc1c(C)[nH]c2ccccc12. The first-order valence-electron chi connectivity index (χ1n) is 8.36. The van der Waals surface area contributed by atoms with Gasteiger partial charge in [-0.1, -0.05) is 18.2 Å². The molecule has 3 rings (SSSR count). The Morgan fingerprint density at radius 3 is 2.86 bits per heavy atom. The normalized spacial score (nSPS) is 15.3. The molecular weight excluding hydrogens is 272 g/mol. The number of rotatable bonds is 6. The van der Waals surface area contributed by atoms with Gasteiger partial charge in [0.2, 0.25) is 0 Å². The molecule has 3 N–H and O–H groups in total. The molecular formula is C18H26N4. The number of aromatic nitrogens is 1. The minimum atomic E-state index is 0.825. The molecule has 4 nitrogen and oxygen atoms in total. The summed E-state index contributed by atoms with van der Waals surface area (Å²) < 4.78 is 0. The number of aliphatic imine (C=N–C) groups is 1. The van der Waals surface area contributed by atoms with Gasteiger partial charge in [0.1, 0.15) is 0 Å². The molecule has 1 aliphatic rings. The van der Waals surface area contributed by atoms with Gasteiger partial charge in [-0.25, -0.2) is 0 Å². The van der Waals surface area contributed by atoms with Gasteiger partial charge in [0.15, 0.2) is 5.96 Å². The minimum Gasteiger partial charge on any atom is -0.358 e. The Bertz CT molecular complexity index is 652. The summed E-state index contributed by atoms with van der Waals surface area (Å²) in [7, 11) is 0. The van der Waals surface area contributed by atoms with Crippen LogP contribution in [0.3, 0.4) is 0 Å². The van der Waals surface area contributed by atoms with E-state index in [0.717, 1.165) is 37.9 Å². The number of aromatic amines is 1. The van der Waals surface area contributed by atoms with E-state index >= 15 is 0 Å². The van der Waals surface area contributed by atoms with Gasteiger partial charge in [0.05, 0.1) is 0 Å². The molecule has 4 heteroatoms. The molecule has 1 aliphatic carbocycles. The van der Waals surface area contributed by atoms with E-state index in [2.05, 4.69) is 58.7 Å². The van der Waals surface area contributed by atoms with Crippen molar-refractivity contribution in [2.45, 2.75) is 33.1 Å². The van der Waals surface area contributed by atoms with Crippen LogP contribution in [0.4, 0.5) is 0 Å². The van der Waals surface area contributed by atoms with Crippen LogP contribution in [0.15, 0.2) is 29.3 Å². The second kappa shape index (κ2) is 6.86. The Morgan fingerprint density at radius 1 is 1.27 bits per heavy atom. The average molecular weight is 298 g/mol. The van der Waals surface area contributed by atoms with E-state index in [1.54, 1.807) is 0 Å². The molecule has 1 aromatic carbocycles. The number of nitrogens with one attached hydrogen (secondary N) is 3. The third-order valence-corrected chi connectivity index (χ3v) is 4.24. The van der Waals surface area contributed by atoms with Gasteiger partial charge < -0.3 is 15.6 Å². The molecule has 22 heavy (non-hydrogen) atoms. The van der Waals surface area contributed by atoms with Crippen LogP contribution in [0.1, 0.15) is 31.0 Å². The molecule has 0 amide bonds. The number of hydrogen-bond donors (Lipinski definition) is 3. The van der Waals surface area contributed by atoms with Crippen LogP contribution >= 0.6 is 0 Å². The van der Waals surface area contributed by atoms with E-state index < -0.39 is 0 Å². The molecule has 1 saturated carbocycles. The Kier molecular flexibility index (Phi) is 4.66. The van der Waals surface area contributed by atoms with E-state index in [0.29, 0.717) is 0 Å². The summed E-state index contributed by atoms with van der Waals surface area (Å²) >= 11 is 0. The van der Waals surface area contributed by atoms with Crippen LogP contribution in [0.2, 0.25) is 0 Å². The molecule has 1 aromatic heterocycles. The van der Waals surface area contributed by atoms with Crippen LogP contribution in [0, 0.1) is 12.8 Å². The van der Waals surface area contributed by atoms with Crippen LogP contribution in [-0.4, -0.2) is 30.6 Å². The fourth-order valence-electron chi connectivity index (χ4n) is 2.83. The monoisotopic (exact) mass is 298 g/mol. The Labute approximate surface area is 132 Å². The lowest BCUT2D eigenvalue weighted by atomic mass is 10.1. The fourth-order valence-corrected chi connectivity index (χ4v) is 2.83. The maximum absolute atomic E-state index is 4.67. The van der Waals surface area contributed by atoms with E-state index in [9.17, 15) is 0 Å². The number of nitrogens with zero attached hydrogens (tertiary/aromatic N) is 1. The number of hydrogen-bond acceptors (Lipinski definition) is 1. The number of guanidine groups is 1. The molecule has 0 atom stereocenters. The van der Waals surface area contributed by atoms with Gasteiger partial charge >= 0.3 is 0 Å². The number of benzene rings is 1. The molecule has 118 valence electrons. The average Bonchev–Trinajstić information content (AvgIpc) is 3.29. The molecule has 0 aliphatic heterocycles. The highest BCUT2D eigenvalue weighted by Crippen LogP contribution is 2.28. The highest BCUT2D eigenvalue weighted by atomic mass is 15.2. The van der Waals surface area contributed by atoms with Gasteiger partial charge in [-0.2, -0.15) is 0 Å². The quantitative estimate of drug-likeness (QED) is 0.567. The number of para-hydroxylation sites is 1. The lowest BCUT2D eigenvalue weighted by molar-refractivity contribution is 0.776. The second-order valence-corrected chi connectivity index (χ2v) is 6.11. The maximum atomic E-state index is 4.67. The van der Waals surface area contributed by atoms with Gasteiger partial charge in [-0.3, -0.25) is 4.99 Å². The van der Waals surface area contributed by atoms with Gasteiger partial charge in [0.25, 0.3) is 0 Å². The molecule has 0 unspecified atom stereocenters. The molecule has 0 bridgehead atoms. The van der Waals surface area contributed by atoms with Crippen molar-refractivity contribution in [3.05, 3.63) is 35.5 Å². The first-order valence-corrected chi connectivity index (χ1v) is 8.36. The third-order valence-electron chi connectivity index (χ3n) is 4.24. The van der Waals surface area contributed by atoms with Crippen LogP contribution in [-0.2, 0) is 6.42 Å². The molecule has 1 heterocycles. The van der Waals surface area contributed by atoms with Crippen LogP contribution < -0.4 is 10.6 Å². The summed E-state index contributed by atoms with van der Waals surface area (Å²) in [5.41, 5.74) is 3.90. The smallest absolute Gasteiger partial charge is 0.191 e. The molecule has 0 saturated heterocycles. The van der Waals surface area contributed by atoms with Crippen molar-refractivity contribution in [2.24, 2.45) is 10.9 Å². The maximum Gasteiger partial charge on any atom is 0.191 e. The highest BCUT2D eigenvalue weighted by Gasteiger charge is 2.20. The minimum absolute atomic E-state index is 0.825. The van der Waals surface area contributed by atoms with Crippen LogP contribution in [0.5, 0.6) is 0 Å². The number of H-pyrrole nitrogens is 1. The molecule has 0 spiro atoms. The lowest BCUT2D eigenvalue weighted by Crippen LogP contribution is -2.38. The largest absolute Gasteiger partial charge is 0.358 e. The highest BCUT2D eigenvalue weighted by molar-refractivity contribution is 5.84. The summed E-state index contributed by atoms with van der Waals surface area (Å²) in [4.78, 5) is 8.13. The number of fused-ring (bicyclic) bond motifs is 1. The van der Waals surface area contributed by atoms with Crippen molar-refractivity contribution in [1.82, 2.24) is 15.6 Å². The van der Waals surface area contributed by atoms with E-state index in [1.165, 1.54) is 35.0 Å². The van der Waals surface area contributed by atoms with Gasteiger partial charge in [-0.15, -0.1) is 0 Å². The zero-order valence-corrected chi connectivity index (χ0v) is 13.6. The van der Waals surface area contributed by atoms with E-state index in [4.69, 9.17) is 0 Å². The summed E-state index contributed by atoms with van der Waals surface area (Å²) in [5, 5.41) is 8.12. The van der Waals surface area contributed by atoms with Crippen LogP contribution in [0.25, 0.3) is 10.9 Å². The van der Waals surface area contributed by atoms with Gasteiger partial charge in [-0.05, 0) is 50.7 Å². The van der Waals surface area contributed by atoms with E-state index in [-0.39, 0.29) is 0 Å². The van der Waals surface area contributed by atoms with Crippen molar-refractivity contribution in [3.8, 4) is 0 Å². The summed E-state index contributed by atoms with van der Waals surface area (Å²) in [6, 6.07) is 8.52. The Balaban J connectivity index is 1.60. The number of aryl methyl sites for hydroxylation is 1. The van der Waals surface area contributed by atoms with Crippen molar-refractivity contribution in [1.29, 1.82) is 0 Å². The van der Waals surface area contributed by atoms with Crippen molar-refractivity contribution in [3.63, 3.8) is 0 Å². The summed E-state index contributed by atoms with van der Waals surface area (Å²) in [5.74, 6) is 1.78. The standard InChI is InChI=1S/C18H26N4/c1-3-19-18(21-12-14-8-9-14)20-11-10-15-13(2)22-17-7-5-4-6-16(15)17/h4-7,14,22H,3,8-12H2,1-2H3,(H2,19,20,21). The van der Waals surface area contributed by atoms with Crippen molar-refractivity contribution in [2.75, 3.05) is 19.6 Å². The lowest BCUT2D eigenvalue weighted by Gasteiger charge is -2.11. The molecule has 2 aromatic rings. The molecule has 0 radical (unpaired) electrons. The third kappa shape index (κ3) is 3.62. The topological polar surface area (TPSA) is 52.2 Å². The Morgan fingerprint density at radius 2 is 2.09 bits per heavy atom. The molecule has 1 fully saturated rings. The Hall–Kier alpha value is -1.97. The summed E-state index contributed by atoms with van der Waals surface area (Å²) in [6.07, 6.45) is 3.69.